The number of nitrogens with one attached hydrogen (secondary N) is 1. The van der Waals surface area contributed by atoms with Crippen LogP contribution in [0.4, 0.5) is 4.39 Å². The molecule has 0 aromatic heterocycles. The van der Waals surface area contributed by atoms with Gasteiger partial charge in [0.05, 0.1) is 0 Å². The Bertz CT molecular complexity index is 441. The van der Waals surface area contributed by atoms with Gasteiger partial charge in [-0.1, -0.05) is 0 Å². The van der Waals surface area contributed by atoms with E-state index in [9.17, 15) is 9.18 Å². The number of carbonyl (C=O) groups excluding carboxylic acids is 1. The number of hydrogen-bond donors (Lipinski definition) is 1. The fourth-order valence-electron chi connectivity index (χ4n) is 2.34. The van der Waals surface area contributed by atoms with Crippen LogP contribution in [-0.4, -0.2) is 17.3 Å². The van der Waals surface area contributed by atoms with E-state index < -0.39 is 0 Å². The lowest BCUT2D eigenvalue weighted by molar-refractivity contribution is 0.0927. The first-order valence-corrected chi connectivity index (χ1v) is 6.71. The second-order valence-electron chi connectivity index (χ2n) is 4.88. The molecule has 1 aliphatic rings. The molecule has 0 bridgehead atoms. The van der Waals surface area contributed by atoms with Gasteiger partial charge in [0.2, 0.25) is 0 Å². The lowest BCUT2D eigenvalue weighted by Gasteiger charge is -2.26. The van der Waals surface area contributed by atoms with Crippen LogP contribution >= 0.6 is 11.6 Å². The van der Waals surface area contributed by atoms with Crippen molar-refractivity contribution in [2.24, 2.45) is 0 Å². The summed E-state index contributed by atoms with van der Waals surface area (Å²) in [4.78, 5) is 12.1. The second-order valence-corrected chi connectivity index (χ2v) is 5.50. The molecular formula is C14H17ClFNO. The number of amides is 1. The molecule has 1 aromatic carbocycles. The molecule has 4 heteroatoms. The molecule has 1 fully saturated rings. The van der Waals surface area contributed by atoms with Crippen molar-refractivity contribution in [3.05, 3.63) is 35.1 Å². The Hall–Kier alpha value is -1.09. The van der Waals surface area contributed by atoms with Crippen LogP contribution in [0, 0.1) is 12.7 Å². The molecule has 0 atom stereocenters. The second kappa shape index (κ2) is 5.70. The number of alkyl halides is 1. The summed E-state index contributed by atoms with van der Waals surface area (Å²) in [5, 5.41) is 3.24. The monoisotopic (exact) mass is 269 g/mol. The van der Waals surface area contributed by atoms with Crippen LogP contribution in [0.15, 0.2) is 18.2 Å². The van der Waals surface area contributed by atoms with Gasteiger partial charge in [0.1, 0.15) is 5.82 Å². The van der Waals surface area contributed by atoms with Crippen LogP contribution in [0.25, 0.3) is 0 Å². The molecule has 0 radical (unpaired) electrons. The molecule has 18 heavy (non-hydrogen) atoms. The molecule has 1 aliphatic carbocycles. The number of hydrogen-bond acceptors (Lipinski definition) is 1. The first kappa shape index (κ1) is 13.3. The van der Waals surface area contributed by atoms with Crippen molar-refractivity contribution >= 4 is 17.5 Å². The lowest BCUT2D eigenvalue weighted by atomic mass is 9.94. The molecule has 0 spiro atoms. The van der Waals surface area contributed by atoms with Gasteiger partial charge >= 0.3 is 0 Å². The van der Waals surface area contributed by atoms with E-state index in [-0.39, 0.29) is 23.1 Å². The zero-order chi connectivity index (χ0) is 13.1. The van der Waals surface area contributed by atoms with Gasteiger partial charge in [0.15, 0.2) is 0 Å². The summed E-state index contributed by atoms with van der Waals surface area (Å²) in [5.41, 5.74) is 1.21. The Morgan fingerprint density at radius 3 is 2.61 bits per heavy atom. The fourth-order valence-corrected chi connectivity index (χ4v) is 2.59. The highest BCUT2D eigenvalue weighted by atomic mass is 35.5. The highest BCUT2D eigenvalue weighted by molar-refractivity contribution is 6.20. The Labute approximate surface area is 112 Å². The predicted octanol–water partition coefficient (Wildman–Crippen LogP) is 3.41. The quantitative estimate of drug-likeness (QED) is 0.819. The third kappa shape index (κ3) is 3.22. The summed E-state index contributed by atoms with van der Waals surface area (Å²) >= 11 is 6.02. The normalized spacial score (nSPS) is 23.7. The fraction of sp³-hybridized carbons (Fsp3) is 0.500. The van der Waals surface area contributed by atoms with Crippen LogP contribution in [0.3, 0.4) is 0 Å². The molecule has 1 aromatic rings. The molecule has 1 N–H and O–H groups in total. The summed E-state index contributed by atoms with van der Waals surface area (Å²) < 4.78 is 13.0. The van der Waals surface area contributed by atoms with Gasteiger partial charge in [-0.3, -0.25) is 4.79 Å². The predicted molar refractivity (Wildman–Crippen MR) is 70.5 cm³/mol. The van der Waals surface area contributed by atoms with Gasteiger partial charge in [-0.2, -0.15) is 0 Å². The lowest BCUT2D eigenvalue weighted by Crippen LogP contribution is -2.38. The Morgan fingerprint density at radius 1 is 1.33 bits per heavy atom. The maximum absolute atomic E-state index is 13.0. The SMILES string of the molecule is Cc1cc(F)ccc1C(=O)NC1CCC(Cl)CC1. The average Bonchev–Trinajstić information content (AvgIpc) is 2.32. The smallest absolute Gasteiger partial charge is 0.251 e. The molecule has 98 valence electrons. The third-order valence-electron chi connectivity index (χ3n) is 3.43. The zero-order valence-corrected chi connectivity index (χ0v) is 11.1. The summed E-state index contributed by atoms with van der Waals surface area (Å²) in [6, 6.07) is 4.42. The van der Waals surface area contributed by atoms with Gasteiger partial charge in [-0.05, 0) is 56.4 Å². The maximum Gasteiger partial charge on any atom is 0.251 e. The van der Waals surface area contributed by atoms with E-state index in [1.165, 1.54) is 18.2 Å². The van der Waals surface area contributed by atoms with Crippen molar-refractivity contribution in [1.82, 2.24) is 5.32 Å². The maximum atomic E-state index is 13.0. The van der Waals surface area contributed by atoms with Gasteiger partial charge in [-0.15, -0.1) is 11.6 Å². The van der Waals surface area contributed by atoms with Crippen LogP contribution in [-0.2, 0) is 0 Å². The Kier molecular flexibility index (Phi) is 4.23. The van der Waals surface area contributed by atoms with E-state index >= 15 is 0 Å². The number of carbonyl (C=O) groups is 1. The van der Waals surface area contributed by atoms with E-state index in [2.05, 4.69) is 5.32 Å². The summed E-state index contributed by atoms with van der Waals surface area (Å²) in [6.45, 7) is 1.74. The van der Waals surface area contributed by atoms with Crippen molar-refractivity contribution in [1.29, 1.82) is 0 Å². The number of halogens is 2. The van der Waals surface area contributed by atoms with E-state index in [4.69, 9.17) is 11.6 Å². The average molecular weight is 270 g/mol. The van der Waals surface area contributed by atoms with Crippen molar-refractivity contribution in [2.75, 3.05) is 0 Å². The largest absolute Gasteiger partial charge is 0.349 e. The number of benzene rings is 1. The molecule has 1 amide bonds. The van der Waals surface area contributed by atoms with E-state index in [1.807, 2.05) is 0 Å². The van der Waals surface area contributed by atoms with E-state index in [0.717, 1.165) is 25.7 Å². The summed E-state index contributed by atoms with van der Waals surface area (Å²) in [7, 11) is 0. The van der Waals surface area contributed by atoms with Crippen LogP contribution in [0.5, 0.6) is 0 Å². The minimum Gasteiger partial charge on any atom is -0.349 e. The van der Waals surface area contributed by atoms with E-state index in [0.29, 0.717) is 11.1 Å². The highest BCUT2D eigenvalue weighted by Crippen LogP contribution is 2.23. The Morgan fingerprint density at radius 2 is 2.00 bits per heavy atom. The highest BCUT2D eigenvalue weighted by Gasteiger charge is 2.21. The summed E-state index contributed by atoms with van der Waals surface area (Å²) in [5.74, 6) is -0.433. The molecule has 0 unspecified atom stereocenters. The number of rotatable bonds is 2. The minimum absolute atomic E-state index is 0.120. The van der Waals surface area contributed by atoms with Crippen molar-refractivity contribution in [3.63, 3.8) is 0 Å². The molecule has 0 saturated heterocycles. The first-order chi connectivity index (χ1) is 8.56. The molecule has 0 heterocycles. The molecule has 2 rings (SSSR count). The van der Waals surface area contributed by atoms with Crippen LogP contribution in [0.1, 0.15) is 41.6 Å². The zero-order valence-electron chi connectivity index (χ0n) is 10.4. The minimum atomic E-state index is -0.313. The van der Waals surface area contributed by atoms with Gasteiger partial charge < -0.3 is 5.32 Å². The molecular weight excluding hydrogens is 253 g/mol. The Balaban J connectivity index is 1.99. The molecule has 0 aliphatic heterocycles. The standard InChI is InChI=1S/C14H17ClFNO/c1-9-8-11(16)4-7-13(9)14(18)17-12-5-2-10(15)3-6-12/h4,7-8,10,12H,2-3,5-6H2,1H3,(H,17,18). The summed E-state index contributed by atoms with van der Waals surface area (Å²) in [6.07, 6.45) is 3.71. The van der Waals surface area contributed by atoms with Gasteiger partial charge in [0.25, 0.3) is 5.91 Å². The van der Waals surface area contributed by atoms with Crippen molar-refractivity contribution in [2.45, 2.75) is 44.0 Å². The molecule has 2 nitrogen and oxygen atoms in total. The topological polar surface area (TPSA) is 29.1 Å². The number of aryl methyl sites for hydroxylation is 1. The van der Waals surface area contributed by atoms with Crippen LogP contribution in [0.2, 0.25) is 0 Å². The van der Waals surface area contributed by atoms with Crippen molar-refractivity contribution in [3.8, 4) is 0 Å². The first-order valence-electron chi connectivity index (χ1n) is 6.27. The van der Waals surface area contributed by atoms with E-state index in [1.54, 1.807) is 6.92 Å². The third-order valence-corrected chi connectivity index (χ3v) is 3.86. The van der Waals surface area contributed by atoms with Gasteiger partial charge in [-0.25, -0.2) is 4.39 Å². The van der Waals surface area contributed by atoms with Crippen LogP contribution < -0.4 is 5.32 Å². The van der Waals surface area contributed by atoms with Crippen molar-refractivity contribution < 1.29 is 9.18 Å². The van der Waals surface area contributed by atoms with Gasteiger partial charge in [0, 0.05) is 17.0 Å². The molecule has 1 saturated carbocycles.